The smallest absolute Gasteiger partial charge is 0.251 e. The van der Waals surface area contributed by atoms with E-state index in [4.69, 9.17) is 4.52 Å². The van der Waals surface area contributed by atoms with Gasteiger partial charge in [0, 0.05) is 30.4 Å². The van der Waals surface area contributed by atoms with Crippen molar-refractivity contribution in [1.29, 1.82) is 0 Å². The molecule has 3 aromatic heterocycles. The van der Waals surface area contributed by atoms with Gasteiger partial charge in [-0.1, -0.05) is 12.1 Å². The topological polar surface area (TPSA) is 69.6 Å². The van der Waals surface area contributed by atoms with E-state index in [1.54, 1.807) is 18.6 Å². The molecule has 0 aromatic carbocycles. The highest BCUT2D eigenvalue weighted by molar-refractivity contribution is 5.52. The Bertz CT molecular complexity index is 632. The lowest BCUT2D eigenvalue weighted by Crippen LogP contribution is -2.10. The molecule has 6 heteroatoms. The molecule has 3 aromatic rings. The van der Waals surface area contributed by atoms with Gasteiger partial charge in [-0.15, -0.1) is 0 Å². The number of hydrogen-bond acceptors (Lipinski definition) is 5. The zero-order valence-corrected chi connectivity index (χ0v) is 10.5. The number of pyridine rings is 1. The predicted octanol–water partition coefficient (Wildman–Crippen LogP) is 2.33. The third-order valence-corrected chi connectivity index (χ3v) is 2.90. The van der Waals surface area contributed by atoms with Gasteiger partial charge >= 0.3 is 0 Å². The molecule has 0 amide bonds. The Kier molecular flexibility index (Phi) is 3.06. The first-order valence-corrected chi connectivity index (χ1v) is 6.11. The van der Waals surface area contributed by atoms with Gasteiger partial charge in [0.1, 0.15) is 6.04 Å². The molecule has 0 fully saturated rings. The Labute approximate surface area is 110 Å². The number of hydrogen-bond donors (Lipinski definition) is 0. The van der Waals surface area contributed by atoms with Crippen LogP contribution in [-0.2, 0) is 0 Å². The molecule has 19 heavy (non-hydrogen) atoms. The van der Waals surface area contributed by atoms with Gasteiger partial charge in [-0.25, -0.2) is 0 Å². The van der Waals surface area contributed by atoms with Crippen LogP contribution in [-0.4, -0.2) is 24.9 Å². The molecule has 3 rings (SSSR count). The molecule has 0 aliphatic carbocycles. The maximum absolute atomic E-state index is 5.35. The van der Waals surface area contributed by atoms with Crippen molar-refractivity contribution in [3.05, 3.63) is 48.9 Å². The van der Waals surface area contributed by atoms with E-state index in [1.807, 2.05) is 29.1 Å². The highest BCUT2D eigenvalue weighted by Crippen LogP contribution is 2.22. The van der Waals surface area contributed by atoms with Crippen LogP contribution in [0.1, 0.15) is 25.3 Å². The van der Waals surface area contributed by atoms with Gasteiger partial charge in [-0.2, -0.15) is 10.1 Å². The first kappa shape index (κ1) is 11.6. The summed E-state index contributed by atoms with van der Waals surface area (Å²) in [4.78, 5) is 8.41. The van der Waals surface area contributed by atoms with Crippen LogP contribution >= 0.6 is 0 Å². The molecule has 0 aliphatic heterocycles. The summed E-state index contributed by atoms with van der Waals surface area (Å²) in [5.74, 6) is 1.14. The third-order valence-electron chi connectivity index (χ3n) is 2.90. The first-order chi connectivity index (χ1) is 9.38. The molecule has 0 unspecified atom stereocenters. The molecule has 96 valence electrons. The van der Waals surface area contributed by atoms with Crippen LogP contribution in [0.5, 0.6) is 0 Å². The average Bonchev–Trinajstić information content (AvgIpc) is 3.12. The lowest BCUT2D eigenvalue weighted by Gasteiger charge is -2.09. The predicted molar refractivity (Wildman–Crippen MR) is 68.2 cm³/mol. The van der Waals surface area contributed by atoms with Gasteiger partial charge in [-0.05, 0) is 24.6 Å². The second-order valence-corrected chi connectivity index (χ2v) is 4.10. The standard InChI is InChI=1S/C13H13N5O/c1-2-11(18-9-3-6-15-18)13-16-12(17-19-13)10-4-7-14-8-5-10/h3-9,11H,2H2,1H3/t11-/m0/s1. The van der Waals surface area contributed by atoms with E-state index in [9.17, 15) is 0 Å². The molecule has 0 aliphatic rings. The van der Waals surface area contributed by atoms with Crippen LogP contribution in [0, 0.1) is 0 Å². The second-order valence-electron chi connectivity index (χ2n) is 4.10. The van der Waals surface area contributed by atoms with Crippen molar-refractivity contribution < 1.29 is 4.52 Å². The summed E-state index contributed by atoms with van der Waals surface area (Å²) in [6.45, 7) is 2.06. The van der Waals surface area contributed by atoms with Gasteiger partial charge in [0.05, 0.1) is 0 Å². The fourth-order valence-electron chi connectivity index (χ4n) is 1.93. The Morgan fingerprint density at radius 1 is 1.26 bits per heavy atom. The van der Waals surface area contributed by atoms with Gasteiger partial charge in [0.2, 0.25) is 5.82 Å². The van der Waals surface area contributed by atoms with Crippen molar-refractivity contribution in [2.24, 2.45) is 0 Å². The molecule has 3 heterocycles. The van der Waals surface area contributed by atoms with E-state index >= 15 is 0 Å². The largest absolute Gasteiger partial charge is 0.337 e. The van der Waals surface area contributed by atoms with E-state index in [1.165, 1.54) is 0 Å². The molecule has 0 saturated carbocycles. The number of rotatable bonds is 4. The van der Waals surface area contributed by atoms with Crippen LogP contribution < -0.4 is 0 Å². The van der Waals surface area contributed by atoms with E-state index < -0.39 is 0 Å². The summed E-state index contributed by atoms with van der Waals surface area (Å²) in [7, 11) is 0. The molecule has 0 radical (unpaired) electrons. The molecule has 0 N–H and O–H groups in total. The summed E-state index contributed by atoms with van der Waals surface area (Å²) in [5.41, 5.74) is 0.889. The Morgan fingerprint density at radius 3 is 2.79 bits per heavy atom. The van der Waals surface area contributed by atoms with Gasteiger partial charge < -0.3 is 4.52 Å². The van der Waals surface area contributed by atoms with Crippen LogP contribution in [0.25, 0.3) is 11.4 Å². The van der Waals surface area contributed by atoms with Crippen molar-refractivity contribution in [2.45, 2.75) is 19.4 Å². The average molecular weight is 255 g/mol. The Hall–Kier alpha value is -2.50. The zero-order chi connectivity index (χ0) is 13.1. The maximum atomic E-state index is 5.35. The second kappa shape index (κ2) is 5.01. The van der Waals surface area contributed by atoms with Crippen LogP contribution in [0.3, 0.4) is 0 Å². The normalized spacial score (nSPS) is 12.5. The fourth-order valence-corrected chi connectivity index (χ4v) is 1.93. The summed E-state index contributed by atoms with van der Waals surface area (Å²) in [5, 5.41) is 8.23. The van der Waals surface area contributed by atoms with Crippen LogP contribution in [0.15, 0.2) is 47.5 Å². The van der Waals surface area contributed by atoms with Crippen molar-refractivity contribution in [3.63, 3.8) is 0 Å². The van der Waals surface area contributed by atoms with E-state index in [0.29, 0.717) is 11.7 Å². The molecule has 1 atom stereocenters. The Morgan fingerprint density at radius 2 is 2.11 bits per heavy atom. The SMILES string of the molecule is CC[C@@H](c1nc(-c2ccncc2)no1)n1cccn1. The minimum absolute atomic E-state index is 0.0295. The minimum atomic E-state index is -0.0295. The fraction of sp³-hybridized carbons (Fsp3) is 0.231. The molecule has 0 bridgehead atoms. The third kappa shape index (κ3) is 2.24. The monoisotopic (exact) mass is 255 g/mol. The quantitative estimate of drug-likeness (QED) is 0.715. The van der Waals surface area contributed by atoms with Crippen molar-refractivity contribution in [1.82, 2.24) is 24.9 Å². The van der Waals surface area contributed by atoms with E-state index in [0.717, 1.165) is 12.0 Å². The highest BCUT2D eigenvalue weighted by atomic mass is 16.5. The number of nitrogens with zero attached hydrogens (tertiary/aromatic N) is 5. The summed E-state index contributed by atoms with van der Waals surface area (Å²) in [6, 6.07) is 5.55. The number of aromatic nitrogens is 5. The molecule has 0 spiro atoms. The maximum Gasteiger partial charge on any atom is 0.251 e. The lowest BCUT2D eigenvalue weighted by atomic mass is 10.2. The van der Waals surface area contributed by atoms with Crippen molar-refractivity contribution in [2.75, 3.05) is 0 Å². The van der Waals surface area contributed by atoms with Gasteiger partial charge in [0.25, 0.3) is 5.89 Å². The van der Waals surface area contributed by atoms with E-state index in [-0.39, 0.29) is 6.04 Å². The van der Waals surface area contributed by atoms with Crippen LogP contribution in [0.2, 0.25) is 0 Å². The summed E-state index contributed by atoms with van der Waals surface area (Å²) >= 11 is 0. The molecule has 6 nitrogen and oxygen atoms in total. The molecular weight excluding hydrogens is 242 g/mol. The zero-order valence-electron chi connectivity index (χ0n) is 10.5. The van der Waals surface area contributed by atoms with Gasteiger partial charge in [-0.3, -0.25) is 9.67 Å². The highest BCUT2D eigenvalue weighted by Gasteiger charge is 2.19. The van der Waals surface area contributed by atoms with Crippen molar-refractivity contribution >= 4 is 0 Å². The minimum Gasteiger partial charge on any atom is -0.337 e. The van der Waals surface area contributed by atoms with Crippen LogP contribution in [0.4, 0.5) is 0 Å². The summed E-state index contributed by atoms with van der Waals surface area (Å²) < 4.78 is 7.18. The van der Waals surface area contributed by atoms with E-state index in [2.05, 4.69) is 27.1 Å². The summed E-state index contributed by atoms with van der Waals surface area (Å²) in [6.07, 6.45) is 7.87. The van der Waals surface area contributed by atoms with Crippen molar-refractivity contribution in [3.8, 4) is 11.4 Å². The molecular formula is C13H13N5O. The van der Waals surface area contributed by atoms with Gasteiger partial charge in [0.15, 0.2) is 0 Å². The molecule has 0 saturated heterocycles. The Balaban J connectivity index is 1.93. The first-order valence-electron chi connectivity index (χ1n) is 6.11. The lowest BCUT2D eigenvalue weighted by molar-refractivity contribution is 0.321.